The smallest absolute Gasteiger partial charge is 0.317 e. The molecule has 0 saturated carbocycles. The molecule has 1 atom stereocenters. The number of carbonyl (C=O) groups excluding carboxylic acids is 1. The molecule has 1 fully saturated rings. The lowest BCUT2D eigenvalue weighted by Crippen LogP contribution is -2.44. The number of likely N-dealkylation sites (tertiary alicyclic amines) is 1. The van der Waals surface area contributed by atoms with Gasteiger partial charge < -0.3 is 10.2 Å². The zero-order chi connectivity index (χ0) is 15.2. The van der Waals surface area contributed by atoms with Crippen LogP contribution >= 0.6 is 0 Å². The predicted molar refractivity (Wildman–Crippen MR) is 85.5 cm³/mol. The van der Waals surface area contributed by atoms with Gasteiger partial charge in [-0.3, -0.25) is 4.68 Å². The molecule has 5 nitrogen and oxygen atoms in total. The van der Waals surface area contributed by atoms with Crippen molar-refractivity contribution in [1.29, 1.82) is 0 Å². The Kier molecular flexibility index (Phi) is 4.73. The topological polar surface area (TPSA) is 50.2 Å². The normalized spacial score (nSPS) is 17.6. The van der Waals surface area contributed by atoms with Gasteiger partial charge in [-0.2, -0.15) is 5.10 Å². The number of urea groups is 1. The molecule has 1 aliphatic rings. The first-order valence-electron chi connectivity index (χ1n) is 7.89. The lowest BCUT2D eigenvalue weighted by atomic mass is 10.1. The van der Waals surface area contributed by atoms with Crippen LogP contribution in [0, 0.1) is 0 Å². The second-order valence-electron chi connectivity index (χ2n) is 5.69. The molecule has 3 rings (SSSR count). The van der Waals surface area contributed by atoms with Crippen LogP contribution in [0.25, 0.3) is 0 Å². The quantitative estimate of drug-likeness (QED) is 0.921. The fourth-order valence-electron chi connectivity index (χ4n) is 2.98. The zero-order valence-corrected chi connectivity index (χ0v) is 12.7. The van der Waals surface area contributed by atoms with Gasteiger partial charge in [0.15, 0.2) is 0 Å². The maximum Gasteiger partial charge on any atom is 0.317 e. The molecule has 0 aliphatic carbocycles. The van der Waals surface area contributed by atoms with Crippen LogP contribution in [0.4, 0.5) is 4.79 Å². The first kappa shape index (κ1) is 14.6. The molecule has 0 spiro atoms. The Bertz CT molecular complexity index is 582. The molecule has 2 heterocycles. The first-order chi connectivity index (χ1) is 10.8. The standard InChI is InChI=1S/C17H22N4O/c22-17(18-11-9-15-6-2-1-3-7-15)21-13-4-8-16(21)14-20-12-5-10-19-20/h1-3,5-7,10,12,16H,4,8-9,11,13-14H2,(H,18,22)/t16-/m1/s1. The third kappa shape index (κ3) is 3.67. The van der Waals surface area contributed by atoms with Crippen LogP contribution in [0.5, 0.6) is 0 Å². The summed E-state index contributed by atoms with van der Waals surface area (Å²) in [6.45, 7) is 2.29. The Labute approximate surface area is 130 Å². The number of hydrogen-bond acceptors (Lipinski definition) is 2. The second-order valence-corrected chi connectivity index (χ2v) is 5.69. The summed E-state index contributed by atoms with van der Waals surface area (Å²) in [7, 11) is 0. The van der Waals surface area contributed by atoms with Crippen LogP contribution in [0.2, 0.25) is 0 Å². The third-order valence-electron chi connectivity index (χ3n) is 4.13. The van der Waals surface area contributed by atoms with Gasteiger partial charge in [-0.1, -0.05) is 30.3 Å². The molecule has 1 N–H and O–H groups in total. The summed E-state index contributed by atoms with van der Waals surface area (Å²) in [6.07, 6.45) is 6.71. The van der Waals surface area contributed by atoms with Crippen LogP contribution in [-0.4, -0.2) is 39.8 Å². The molecule has 1 aliphatic heterocycles. The van der Waals surface area contributed by atoms with Crippen molar-refractivity contribution < 1.29 is 4.79 Å². The fourth-order valence-corrected chi connectivity index (χ4v) is 2.98. The maximum atomic E-state index is 12.4. The summed E-state index contributed by atoms with van der Waals surface area (Å²) in [5.41, 5.74) is 1.25. The highest BCUT2D eigenvalue weighted by atomic mass is 16.2. The van der Waals surface area contributed by atoms with Crippen molar-refractivity contribution in [3.05, 3.63) is 54.4 Å². The van der Waals surface area contributed by atoms with Crippen molar-refractivity contribution >= 4 is 6.03 Å². The van der Waals surface area contributed by atoms with E-state index in [1.807, 2.05) is 40.0 Å². The molecule has 1 saturated heterocycles. The molecular formula is C17H22N4O. The highest BCUT2D eigenvalue weighted by molar-refractivity contribution is 5.74. The Balaban J connectivity index is 1.48. The average molecular weight is 298 g/mol. The summed E-state index contributed by atoms with van der Waals surface area (Å²) in [6, 6.07) is 12.4. The number of aromatic nitrogens is 2. The van der Waals surface area contributed by atoms with Gasteiger partial charge in [0.1, 0.15) is 0 Å². The molecule has 5 heteroatoms. The van der Waals surface area contributed by atoms with Gasteiger partial charge in [0, 0.05) is 25.5 Å². The molecule has 1 aromatic heterocycles. The zero-order valence-electron chi connectivity index (χ0n) is 12.7. The SMILES string of the molecule is O=C(NCCc1ccccc1)N1CCC[C@@H]1Cn1cccn1. The van der Waals surface area contributed by atoms with Crippen molar-refractivity contribution in [2.45, 2.75) is 31.8 Å². The van der Waals surface area contributed by atoms with E-state index in [0.717, 1.165) is 32.4 Å². The molecular weight excluding hydrogens is 276 g/mol. The van der Waals surface area contributed by atoms with E-state index in [-0.39, 0.29) is 12.1 Å². The van der Waals surface area contributed by atoms with Crippen LogP contribution in [0.1, 0.15) is 18.4 Å². The lowest BCUT2D eigenvalue weighted by Gasteiger charge is -2.25. The van der Waals surface area contributed by atoms with Gasteiger partial charge in [-0.05, 0) is 30.9 Å². The second kappa shape index (κ2) is 7.11. The highest BCUT2D eigenvalue weighted by Crippen LogP contribution is 2.18. The maximum absolute atomic E-state index is 12.4. The van der Waals surface area contributed by atoms with Crippen LogP contribution in [-0.2, 0) is 13.0 Å². The number of nitrogens with one attached hydrogen (secondary N) is 1. The number of amides is 2. The minimum atomic E-state index is 0.0468. The number of rotatable bonds is 5. The molecule has 0 radical (unpaired) electrons. The average Bonchev–Trinajstić information content (AvgIpc) is 3.20. The molecule has 1 aromatic carbocycles. The van der Waals surface area contributed by atoms with Gasteiger partial charge in [-0.25, -0.2) is 4.79 Å². The van der Waals surface area contributed by atoms with E-state index in [1.54, 1.807) is 6.20 Å². The monoisotopic (exact) mass is 298 g/mol. The van der Waals surface area contributed by atoms with Crippen molar-refractivity contribution in [1.82, 2.24) is 20.0 Å². The fraction of sp³-hybridized carbons (Fsp3) is 0.412. The lowest BCUT2D eigenvalue weighted by molar-refractivity contribution is 0.186. The van der Waals surface area contributed by atoms with E-state index in [1.165, 1.54) is 5.56 Å². The molecule has 0 bridgehead atoms. The molecule has 0 unspecified atom stereocenters. The summed E-state index contributed by atoms with van der Waals surface area (Å²) in [5, 5.41) is 7.27. The van der Waals surface area contributed by atoms with Crippen molar-refractivity contribution in [2.24, 2.45) is 0 Å². The number of benzene rings is 1. The van der Waals surface area contributed by atoms with E-state index >= 15 is 0 Å². The van der Waals surface area contributed by atoms with E-state index in [0.29, 0.717) is 6.54 Å². The van der Waals surface area contributed by atoms with Crippen molar-refractivity contribution in [3.8, 4) is 0 Å². The summed E-state index contributed by atoms with van der Waals surface area (Å²) >= 11 is 0. The van der Waals surface area contributed by atoms with Gasteiger partial charge in [-0.15, -0.1) is 0 Å². The van der Waals surface area contributed by atoms with Crippen LogP contribution < -0.4 is 5.32 Å². The van der Waals surface area contributed by atoms with E-state index in [9.17, 15) is 4.79 Å². The Morgan fingerprint density at radius 3 is 2.91 bits per heavy atom. The Hall–Kier alpha value is -2.30. The minimum absolute atomic E-state index is 0.0468. The summed E-state index contributed by atoms with van der Waals surface area (Å²) in [5.74, 6) is 0. The summed E-state index contributed by atoms with van der Waals surface area (Å²) < 4.78 is 1.90. The molecule has 116 valence electrons. The van der Waals surface area contributed by atoms with Crippen molar-refractivity contribution in [3.63, 3.8) is 0 Å². The Morgan fingerprint density at radius 1 is 1.27 bits per heavy atom. The highest BCUT2D eigenvalue weighted by Gasteiger charge is 2.28. The van der Waals surface area contributed by atoms with E-state index in [4.69, 9.17) is 0 Å². The Morgan fingerprint density at radius 2 is 2.14 bits per heavy atom. The first-order valence-corrected chi connectivity index (χ1v) is 7.89. The number of nitrogens with zero attached hydrogens (tertiary/aromatic N) is 3. The predicted octanol–water partition coefficient (Wildman–Crippen LogP) is 2.30. The minimum Gasteiger partial charge on any atom is -0.338 e. The van der Waals surface area contributed by atoms with Gasteiger partial charge in [0.05, 0.1) is 12.6 Å². The molecule has 22 heavy (non-hydrogen) atoms. The molecule has 2 aromatic rings. The van der Waals surface area contributed by atoms with E-state index < -0.39 is 0 Å². The largest absolute Gasteiger partial charge is 0.338 e. The van der Waals surface area contributed by atoms with Gasteiger partial charge in [0.2, 0.25) is 0 Å². The molecule has 2 amide bonds. The van der Waals surface area contributed by atoms with Gasteiger partial charge in [0.25, 0.3) is 0 Å². The number of carbonyl (C=O) groups is 1. The van der Waals surface area contributed by atoms with Crippen LogP contribution in [0.15, 0.2) is 48.8 Å². The van der Waals surface area contributed by atoms with E-state index in [2.05, 4.69) is 22.5 Å². The van der Waals surface area contributed by atoms with Crippen molar-refractivity contribution in [2.75, 3.05) is 13.1 Å². The summed E-state index contributed by atoms with van der Waals surface area (Å²) in [4.78, 5) is 14.3. The number of hydrogen-bond donors (Lipinski definition) is 1. The van der Waals surface area contributed by atoms with Gasteiger partial charge >= 0.3 is 6.03 Å². The van der Waals surface area contributed by atoms with Crippen LogP contribution in [0.3, 0.4) is 0 Å². The third-order valence-corrected chi connectivity index (χ3v) is 4.13.